The van der Waals surface area contributed by atoms with Crippen LogP contribution >= 0.6 is 0 Å². The van der Waals surface area contributed by atoms with Crippen molar-refractivity contribution < 1.29 is 4.74 Å². The lowest BCUT2D eigenvalue weighted by Gasteiger charge is -2.40. The molecule has 1 saturated carbocycles. The van der Waals surface area contributed by atoms with Gasteiger partial charge in [0.2, 0.25) is 0 Å². The van der Waals surface area contributed by atoms with Crippen LogP contribution in [0.4, 0.5) is 0 Å². The maximum absolute atomic E-state index is 5.36. The number of ether oxygens (including phenoxy) is 1. The fraction of sp³-hybridized carbons (Fsp3) is 1.00. The Morgan fingerprint density at radius 2 is 2.00 bits per heavy atom. The molecule has 0 saturated heterocycles. The van der Waals surface area contributed by atoms with Crippen molar-refractivity contribution in [2.24, 2.45) is 17.8 Å². The van der Waals surface area contributed by atoms with Gasteiger partial charge in [-0.25, -0.2) is 0 Å². The van der Waals surface area contributed by atoms with Gasteiger partial charge in [0.1, 0.15) is 0 Å². The molecule has 18 heavy (non-hydrogen) atoms. The summed E-state index contributed by atoms with van der Waals surface area (Å²) in [4.78, 5) is 0. The van der Waals surface area contributed by atoms with E-state index in [1.165, 1.54) is 32.1 Å². The molecule has 0 aliphatic heterocycles. The van der Waals surface area contributed by atoms with Crippen LogP contribution in [-0.2, 0) is 4.74 Å². The van der Waals surface area contributed by atoms with Crippen molar-refractivity contribution in [3.63, 3.8) is 0 Å². The normalized spacial score (nSPS) is 30.7. The van der Waals surface area contributed by atoms with Gasteiger partial charge < -0.3 is 10.1 Å². The first-order chi connectivity index (χ1) is 8.58. The van der Waals surface area contributed by atoms with E-state index < -0.39 is 0 Å². The second-order valence-electron chi connectivity index (χ2n) is 6.54. The van der Waals surface area contributed by atoms with Gasteiger partial charge in [-0.2, -0.15) is 0 Å². The monoisotopic (exact) mass is 255 g/mol. The predicted molar refractivity (Wildman–Crippen MR) is 78.8 cm³/mol. The molecule has 108 valence electrons. The molecule has 0 heterocycles. The Balaban J connectivity index is 2.57. The molecule has 0 aromatic rings. The van der Waals surface area contributed by atoms with Crippen molar-refractivity contribution in [3.8, 4) is 0 Å². The molecule has 0 aromatic heterocycles. The van der Waals surface area contributed by atoms with Gasteiger partial charge in [-0.05, 0) is 37.0 Å². The molecule has 0 aromatic carbocycles. The van der Waals surface area contributed by atoms with Gasteiger partial charge in [0, 0.05) is 19.2 Å². The van der Waals surface area contributed by atoms with Crippen LogP contribution in [0, 0.1) is 17.8 Å². The van der Waals surface area contributed by atoms with E-state index in [0.29, 0.717) is 12.1 Å². The lowest BCUT2D eigenvalue weighted by Crippen LogP contribution is -2.48. The maximum Gasteiger partial charge on any atom is 0.0615 e. The summed E-state index contributed by atoms with van der Waals surface area (Å²) in [6.45, 7) is 10.3. The summed E-state index contributed by atoms with van der Waals surface area (Å²) >= 11 is 0. The first-order valence-corrected chi connectivity index (χ1v) is 7.83. The number of hydrogen-bond acceptors (Lipinski definition) is 2. The van der Waals surface area contributed by atoms with Gasteiger partial charge in [0.05, 0.1) is 6.61 Å². The number of rotatable bonds is 7. The summed E-state index contributed by atoms with van der Waals surface area (Å²) in [7, 11) is 1.81. The van der Waals surface area contributed by atoms with Crippen molar-refractivity contribution in [3.05, 3.63) is 0 Å². The van der Waals surface area contributed by atoms with Crippen molar-refractivity contribution in [2.45, 2.75) is 71.9 Å². The minimum Gasteiger partial charge on any atom is -0.383 e. The molecule has 0 amide bonds. The first-order valence-electron chi connectivity index (χ1n) is 7.83. The molecular formula is C16H33NO. The SMILES string of the molecule is CCCC(COC)NC1CC(C)CCC1C(C)C. The standard InChI is InChI=1S/C16H33NO/c1-6-7-14(11-18-5)17-16-10-13(4)8-9-15(16)12(2)3/h12-17H,6-11H2,1-5H3. The van der Waals surface area contributed by atoms with Gasteiger partial charge in [0.15, 0.2) is 0 Å². The Morgan fingerprint density at radius 1 is 1.28 bits per heavy atom. The van der Waals surface area contributed by atoms with Crippen LogP contribution in [0.3, 0.4) is 0 Å². The van der Waals surface area contributed by atoms with Gasteiger partial charge in [-0.1, -0.05) is 40.5 Å². The van der Waals surface area contributed by atoms with Gasteiger partial charge >= 0.3 is 0 Å². The number of methoxy groups -OCH3 is 1. The van der Waals surface area contributed by atoms with E-state index in [1.807, 2.05) is 7.11 Å². The van der Waals surface area contributed by atoms with E-state index in [9.17, 15) is 0 Å². The largest absolute Gasteiger partial charge is 0.383 e. The van der Waals surface area contributed by atoms with Crippen LogP contribution < -0.4 is 5.32 Å². The van der Waals surface area contributed by atoms with E-state index in [-0.39, 0.29) is 0 Å². The molecule has 0 radical (unpaired) electrons. The summed E-state index contributed by atoms with van der Waals surface area (Å²) < 4.78 is 5.36. The second-order valence-corrected chi connectivity index (χ2v) is 6.54. The van der Waals surface area contributed by atoms with E-state index >= 15 is 0 Å². The van der Waals surface area contributed by atoms with Crippen LogP contribution in [-0.4, -0.2) is 25.8 Å². The van der Waals surface area contributed by atoms with Gasteiger partial charge in [-0.15, -0.1) is 0 Å². The zero-order valence-corrected chi connectivity index (χ0v) is 13.0. The van der Waals surface area contributed by atoms with Crippen LogP contribution in [0.2, 0.25) is 0 Å². The van der Waals surface area contributed by atoms with Crippen LogP contribution in [0.5, 0.6) is 0 Å². The van der Waals surface area contributed by atoms with Crippen LogP contribution in [0.1, 0.15) is 59.8 Å². The average molecular weight is 255 g/mol. The highest BCUT2D eigenvalue weighted by Gasteiger charge is 2.31. The van der Waals surface area contributed by atoms with E-state index in [2.05, 4.69) is 33.0 Å². The molecule has 1 N–H and O–H groups in total. The maximum atomic E-state index is 5.36. The molecule has 4 atom stereocenters. The third-order valence-electron chi connectivity index (χ3n) is 4.48. The van der Waals surface area contributed by atoms with Crippen LogP contribution in [0.15, 0.2) is 0 Å². The quantitative estimate of drug-likeness (QED) is 0.746. The number of hydrogen-bond donors (Lipinski definition) is 1. The summed E-state index contributed by atoms with van der Waals surface area (Å²) in [5.74, 6) is 2.51. The average Bonchev–Trinajstić information content (AvgIpc) is 2.29. The topological polar surface area (TPSA) is 21.3 Å². The minimum atomic E-state index is 0.538. The fourth-order valence-corrected chi connectivity index (χ4v) is 3.46. The third-order valence-corrected chi connectivity index (χ3v) is 4.48. The molecule has 0 bridgehead atoms. The Labute approximate surface area is 114 Å². The minimum absolute atomic E-state index is 0.538. The summed E-state index contributed by atoms with van der Waals surface area (Å²) in [5, 5.41) is 3.89. The molecule has 1 aliphatic rings. The highest BCUT2D eigenvalue weighted by atomic mass is 16.5. The molecule has 2 nitrogen and oxygen atoms in total. The second kappa shape index (κ2) is 8.16. The van der Waals surface area contributed by atoms with Crippen molar-refractivity contribution in [2.75, 3.05) is 13.7 Å². The van der Waals surface area contributed by atoms with Crippen molar-refractivity contribution in [1.29, 1.82) is 0 Å². The molecule has 1 aliphatic carbocycles. The lowest BCUT2D eigenvalue weighted by molar-refractivity contribution is 0.116. The molecule has 2 heteroatoms. The van der Waals surface area contributed by atoms with E-state index in [0.717, 1.165) is 24.4 Å². The summed E-state index contributed by atoms with van der Waals surface area (Å²) in [6.07, 6.45) is 6.60. The Hall–Kier alpha value is -0.0800. The smallest absolute Gasteiger partial charge is 0.0615 e. The van der Waals surface area contributed by atoms with E-state index in [1.54, 1.807) is 0 Å². The molecule has 1 fully saturated rings. The highest BCUT2D eigenvalue weighted by molar-refractivity contribution is 4.87. The van der Waals surface area contributed by atoms with Crippen molar-refractivity contribution in [1.82, 2.24) is 5.32 Å². The molecule has 4 unspecified atom stereocenters. The zero-order chi connectivity index (χ0) is 13.5. The predicted octanol–water partition coefficient (Wildman–Crippen LogP) is 3.85. The molecular weight excluding hydrogens is 222 g/mol. The summed E-state index contributed by atoms with van der Waals surface area (Å²) in [5.41, 5.74) is 0. The number of nitrogens with one attached hydrogen (secondary N) is 1. The third kappa shape index (κ3) is 4.89. The molecule has 0 spiro atoms. The van der Waals surface area contributed by atoms with Crippen LogP contribution in [0.25, 0.3) is 0 Å². The van der Waals surface area contributed by atoms with Crippen molar-refractivity contribution >= 4 is 0 Å². The highest BCUT2D eigenvalue weighted by Crippen LogP contribution is 2.33. The summed E-state index contributed by atoms with van der Waals surface area (Å²) in [6, 6.07) is 1.23. The fourth-order valence-electron chi connectivity index (χ4n) is 3.46. The molecule has 1 rings (SSSR count). The zero-order valence-electron chi connectivity index (χ0n) is 13.0. The van der Waals surface area contributed by atoms with Gasteiger partial charge in [0.25, 0.3) is 0 Å². The Kier molecular flexibility index (Phi) is 7.25. The Morgan fingerprint density at radius 3 is 2.56 bits per heavy atom. The van der Waals surface area contributed by atoms with Gasteiger partial charge in [-0.3, -0.25) is 0 Å². The first kappa shape index (κ1) is 16.0. The van der Waals surface area contributed by atoms with E-state index in [4.69, 9.17) is 4.74 Å². The Bertz CT molecular complexity index is 211. The lowest BCUT2D eigenvalue weighted by atomic mass is 9.73.